The lowest BCUT2D eigenvalue weighted by Gasteiger charge is -2.30. The van der Waals surface area contributed by atoms with Crippen molar-refractivity contribution in [2.45, 2.75) is 44.9 Å². The van der Waals surface area contributed by atoms with Crippen molar-refractivity contribution in [3.63, 3.8) is 0 Å². The second-order valence-corrected chi connectivity index (χ2v) is 14.0. The Kier molecular flexibility index (Phi) is 6.83. The molecule has 0 amide bonds. The number of para-hydroxylation sites is 1. The predicted molar refractivity (Wildman–Crippen MR) is 204 cm³/mol. The summed E-state index contributed by atoms with van der Waals surface area (Å²) >= 11 is 0. The van der Waals surface area contributed by atoms with Crippen molar-refractivity contribution in [3.05, 3.63) is 174 Å². The van der Waals surface area contributed by atoms with Gasteiger partial charge in [0.25, 0.3) is 0 Å². The van der Waals surface area contributed by atoms with Crippen LogP contribution in [0.3, 0.4) is 0 Å². The normalized spacial score (nSPS) is 14.3. The molecule has 48 heavy (non-hydrogen) atoms. The van der Waals surface area contributed by atoms with Gasteiger partial charge in [0.15, 0.2) is 0 Å². The standard InChI is InChI=1S/C47H39N/c1-47(2)44-23-9-7-19-41(44)42-30-29-36(31-45(42)47)48(35-27-25-34(26-28-35)38-21-11-15-32-13-3-5-17-37(32)38)46-24-10-8-20-43(46)40-22-12-16-33-14-4-6-18-39(33)40/h4,6-12,14-16,18-31H,3,5,13,17H2,1-2H3. The Morgan fingerprint density at radius 3 is 2.02 bits per heavy atom. The largest absolute Gasteiger partial charge is 0.310 e. The van der Waals surface area contributed by atoms with Crippen LogP contribution >= 0.6 is 0 Å². The summed E-state index contributed by atoms with van der Waals surface area (Å²) in [7, 11) is 0. The summed E-state index contributed by atoms with van der Waals surface area (Å²) in [6.07, 6.45) is 4.94. The highest BCUT2D eigenvalue weighted by molar-refractivity contribution is 6.01. The zero-order chi connectivity index (χ0) is 32.2. The zero-order valence-electron chi connectivity index (χ0n) is 27.7. The van der Waals surface area contributed by atoms with E-state index in [1.165, 1.54) is 103 Å². The van der Waals surface area contributed by atoms with Crippen LogP contribution in [0.5, 0.6) is 0 Å². The van der Waals surface area contributed by atoms with E-state index in [0.717, 1.165) is 5.69 Å². The second-order valence-electron chi connectivity index (χ2n) is 14.0. The summed E-state index contributed by atoms with van der Waals surface area (Å²) in [5.74, 6) is 0. The van der Waals surface area contributed by atoms with Crippen molar-refractivity contribution in [3.8, 4) is 33.4 Å². The van der Waals surface area contributed by atoms with Crippen LogP contribution in [-0.4, -0.2) is 0 Å². The van der Waals surface area contributed by atoms with Crippen LogP contribution < -0.4 is 4.90 Å². The molecular formula is C47H39N. The number of hydrogen-bond donors (Lipinski definition) is 0. The number of aryl methyl sites for hydroxylation is 1. The highest BCUT2D eigenvalue weighted by Gasteiger charge is 2.36. The van der Waals surface area contributed by atoms with Gasteiger partial charge in [0, 0.05) is 22.4 Å². The van der Waals surface area contributed by atoms with Crippen molar-refractivity contribution in [1.29, 1.82) is 0 Å². The molecule has 0 N–H and O–H groups in total. The third-order valence-corrected chi connectivity index (χ3v) is 10.9. The fraction of sp³-hybridized carbons (Fsp3) is 0.149. The minimum atomic E-state index is -0.0843. The van der Waals surface area contributed by atoms with Crippen LogP contribution in [0.25, 0.3) is 44.2 Å². The van der Waals surface area contributed by atoms with Crippen LogP contribution in [0.4, 0.5) is 17.1 Å². The fourth-order valence-electron chi connectivity index (χ4n) is 8.46. The average molecular weight is 618 g/mol. The van der Waals surface area contributed by atoms with Gasteiger partial charge >= 0.3 is 0 Å². The van der Waals surface area contributed by atoms with Gasteiger partial charge in [0.1, 0.15) is 0 Å². The molecular weight excluding hydrogens is 579 g/mol. The van der Waals surface area contributed by atoms with Gasteiger partial charge in [-0.1, -0.05) is 135 Å². The number of nitrogens with zero attached hydrogens (tertiary/aromatic N) is 1. The molecule has 7 aromatic carbocycles. The van der Waals surface area contributed by atoms with E-state index in [-0.39, 0.29) is 5.41 Å². The van der Waals surface area contributed by atoms with Gasteiger partial charge in [-0.05, 0) is 117 Å². The monoisotopic (exact) mass is 617 g/mol. The highest BCUT2D eigenvalue weighted by atomic mass is 15.1. The van der Waals surface area contributed by atoms with Gasteiger partial charge in [-0.3, -0.25) is 0 Å². The van der Waals surface area contributed by atoms with Crippen molar-refractivity contribution < 1.29 is 0 Å². The Labute approximate surface area is 284 Å². The number of anilines is 3. The van der Waals surface area contributed by atoms with Crippen molar-refractivity contribution in [1.82, 2.24) is 0 Å². The van der Waals surface area contributed by atoms with Crippen LogP contribution in [0.2, 0.25) is 0 Å². The second kappa shape index (κ2) is 11.4. The number of hydrogen-bond acceptors (Lipinski definition) is 1. The lowest BCUT2D eigenvalue weighted by Crippen LogP contribution is -2.16. The molecule has 9 rings (SSSR count). The van der Waals surface area contributed by atoms with E-state index < -0.39 is 0 Å². The number of rotatable bonds is 5. The van der Waals surface area contributed by atoms with E-state index in [9.17, 15) is 0 Å². The first-order valence-corrected chi connectivity index (χ1v) is 17.4. The summed E-state index contributed by atoms with van der Waals surface area (Å²) in [5.41, 5.74) is 17.1. The lowest BCUT2D eigenvalue weighted by molar-refractivity contribution is 0.660. The molecule has 0 aromatic heterocycles. The highest BCUT2D eigenvalue weighted by Crippen LogP contribution is 2.51. The third kappa shape index (κ3) is 4.60. The Morgan fingerprint density at radius 1 is 0.479 bits per heavy atom. The topological polar surface area (TPSA) is 3.24 Å². The Hall–Kier alpha value is -5.40. The summed E-state index contributed by atoms with van der Waals surface area (Å²) in [6, 6.07) is 56.5. The quantitative estimate of drug-likeness (QED) is 0.186. The van der Waals surface area contributed by atoms with E-state index in [1.807, 2.05) is 0 Å². The lowest BCUT2D eigenvalue weighted by atomic mass is 9.82. The summed E-state index contributed by atoms with van der Waals surface area (Å²) in [6.45, 7) is 4.73. The summed E-state index contributed by atoms with van der Waals surface area (Å²) in [5, 5.41) is 2.52. The molecule has 1 nitrogen and oxygen atoms in total. The molecule has 7 aromatic rings. The Balaban J connectivity index is 1.23. The van der Waals surface area contributed by atoms with Crippen molar-refractivity contribution in [2.24, 2.45) is 0 Å². The maximum Gasteiger partial charge on any atom is 0.0540 e. The minimum absolute atomic E-state index is 0.0843. The zero-order valence-corrected chi connectivity index (χ0v) is 27.7. The number of fused-ring (bicyclic) bond motifs is 5. The molecule has 0 saturated carbocycles. The fourth-order valence-corrected chi connectivity index (χ4v) is 8.46. The number of benzene rings is 7. The maximum atomic E-state index is 2.47. The molecule has 2 aliphatic rings. The first kappa shape index (κ1) is 28.8. The van der Waals surface area contributed by atoms with Crippen LogP contribution in [0, 0.1) is 0 Å². The van der Waals surface area contributed by atoms with Gasteiger partial charge in [0.05, 0.1) is 5.69 Å². The van der Waals surface area contributed by atoms with Gasteiger partial charge in [0.2, 0.25) is 0 Å². The smallest absolute Gasteiger partial charge is 0.0540 e. The molecule has 0 unspecified atom stereocenters. The van der Waals surface area contributed by atoms with Crippen molar-refractivity contribution >= 4 is 27.8 Å². The molecule has 0 spiro atoms. The molecule has 0 fully saturated rings. The van der Waals surface area contributed by atoms with E-state index in [2.05, 4.69) is 170 Å². The first-order chi connectivity index (χ1) is 23.6. The van der Waals surface area contributed by atoms with Crippen LogP contribution in [0.15, 0.2) is 152 Å². The SMILES string of the molecule is CC1(C)c2ccccc2-c2ccc(N(c3ccc(-c4cccc5c4CCCC5)cc3)c3ccccc3-c3cccc4ccccc34)cc21. The van der Waals surface area contributed by atoms with E-state index in [0.29, 0.717) is 0 Å². The van der Waals surface area contributed by atoms with Gasteiger partial charge in [-0.15, -0.1) is 0 Å². The van der Waals surface area contributed by atoms with Gasteiger partial charge in [-0.2, -0.15) is 0 Å². The summed E-state index contributed by atoms with van der Waals surface area (Å²) < 4.78 is 0. The first-order valence-electron chi connectivity index (χ1n) is 17.4. The Bertz CT molecular complexity index is 2320. The maximum absolute atomic E-state index is 2.47. The molecule has 232 valence electrons. The molecule has 0 saturated heterocycles. The summed E-state index contributed by atoms with van der Waals surface area (Å²) in [4.78, 5) is 2.47. The van der Waals surface area contributed by atoms with E-state index >= 15 is 0 Å². The molecule has 1 heteroatoms. The molecule has 0 heterocycles. The van der Waals surface area contributed by atoms with E-state index in [1.54, 1.807) is 0 Å². The van der Waals surface area contributed by atoms with Crippen LogP contribution in [0.1, 0.15) is 48.9 Å². The van der Waals surface area contributed by atoms with E-state index in [4.69, 9.17) is 0 Å². The molecule has 0 radical (unpaired) electrons. The Morgan fingerprint density at radius 2 is 1.12 bits per heavy atom. The molecule has 2 aliphatic carbocycles. The van der Waals surface area contributed by atoms with Gasteiger partial charge < -0.3 is 4.90 Å². The molecule has 0 bridgehead atoms. The predicted octanol–water partition coefficient (Wildman–Crippen LogP) is 12.8. The molecule has 0 aliphatic heterocycles. The van der Waals surface area contributed by atoms with Crippen molar-refractivity contribution in [2.75, 3.05) is 4.90 Å². The van der Waals surface area contributed by atoms with Crippen LogP contribution in [-0.2, 0) is 18.3 Å². The minimum Gasteiger partial charge on any atom is -0.310 e. The third-order valence-electron chi connectivity index (χ3n) is 10.9. The molecule has 0 atom stereocenters. The average Bonchev–Trinajstić information content (AvgIpc) is 3.37. The van der Waals surface area contributed by atoms with Gasteiger partial charge in [-0.25, -0.2) is 0 Å².